The summed E-state index contributed by atoms with van der Waals surface area (Å²) in [4.78, 5) is 19.1. The van der Waals surface area contributed by atoms with Gasteiger partial charge in [0.1, 0.15) is 27.8 Å². The largest absolute Gasteiger partial charge is 0.373 e. The summed E-state index contributed by atoms with van der Waals surface area (Å²) in [6, 6.07) is 14.3. The number of anilines is 4. The standard InChI is InChI=1S/C25H27FN6OS/c1-16-13-32(14-17(2)33-16)15-18-10-11-27-22(12-18)29-25-28-21-8-9-23(30-24(21)34-25)31(3)20-6-4-19(26)5-7-20/h4-12,16-17H,13-15H2,1-3H3,(H,27,28,29)/t16-,17+. The summed E-state index contributed by atoms with van der Waals surface area (Å²) < 4.78 is 19.1. The van der Waals surface area contributed by atoms with Gasteiger partial charge in [0.2, 0.25) is 0 Å². The molecule has 1 aliphatic rings. The summed E-state index contributed by atoms with van der Waals surface area (Å²) in [5.74, 6) is 1.27. The lowest BCUT2D eigenvalue weighted by molar-refractivity contribution is -0.0704. The van der Waals surface area contributed by atoms with E-state index in [1.807, 2.05) is 36.3 Å². The number of halogens is 1. The van der Waals surface area contributed by atoms with E-state index in [1.165, 1.54) is 29.0 Å². The van der Waals surface area contributed by atoms with E-state index >= 15 is 0 Å². The first-order valence-corrected chi connectivity index (χ1v) is 12.1. The highest BCUT2D eigenvalue weighted by Gasteiger charge is 2.22. The van der Waals surface area contributed by atoms with Crippen LogP contribution in [0, 0.1) is 5.82 Å². The van der Waals surface area contributed by atoms with Crippen LogP contribution >= 0.6 is 11.3 Å². The third-order valence-corrected chi connectivity index (χ3v) is 6.64. The second-order valence-corrected chi connectivity index (χ2v) is 9.65. The van der Waals surface area contributed by atoms with Crippen LogP contribution in [-0.4, -0.2) is 52.2 Å². The molecular formula is C25H27FN6OS. The highest BCUT2D eigenvalue weighted by molar-refractivity contribution is 7.21. The fraction of sp³-hybridized carbons (Fsp3) is 0.320. The van der Waals surface area contributed by atoms with Crippen LogP contribution in [0.25, 0.3) is 10.3 Å². The molecule has 4 aromatic rings. The number of aromatic nitrogens is 3. The Morgan fingerprint density at radius 3 is 2.62 bits per heavy atom. The lowest BCUT2D eigenvalue weighted by Crippen LogP contribution is -2.44. The number of pyridine rings is 2. The molecule has 0 spiro atoms. The van der Waals surface area contributed by atoms with E-state index < -0.39 is 0 Å². The summed E-state index contributed by atoms with van der Waals surface area (Å²) >= 11 is 1.48. The van der Waals surface area contributed by atoms with Crippen LogP contribution in [0.1, 0.15) is 19.4 Å². The highest BCUT2D eigenvalue weighted by atomic mass is 32.1. The van der Waals surface area contributed by atoms with Crippen molar-refractivity contribution in [2.45, 2.75) is 32.6 Å². The van der Waals surface area contributed by atoms with Gasteiger partial charge in [-0.2, -0.15) is 0 Å². The number of nitrogens with one attached hydrogen (secondary N) is 1. The Kier molecular flexibility index (Phi) is 6.40. The van der Waals surface area contributed by atoms with E-state index in [-0.39, 0.29) is 18.0 Å². The van der Waals surface area contributed by atoms with Gasteiger partial charge < -0.3 is 15.0 Å². The van der Waals surface area contributed by atoms with Gasteiger partial charge in [-0.05, 0) is 67.9 Å². The minimum atomic E-state index is -0.259. The third-order valence-electron chi connectivity index (χ3n) is 5.76. The lowest BCUT2D eigenvalue weighted by atomic mass is 10.2. The normalized spacial score (nSPS) is 18.8. The molecule has 0 radical (unpaired) electrons. The molecule has 4 heterocycles. The zero-order valence-electron chi connectivity index (χ0n) is 19.4. The maximum Gasteiger partial charge on any atom is 0.190 e. The predicted octanol–water partition coefficient (Wildman–Crippen LogP) is 5.35. The molecule has 0 amide bonds. The van der Waals surface area contributed by atoms with Crippen LogP contribution in [0.4, 0.5) is 26.8 Å². The van der Waals surface area contributed by atoms with E-state index in [0.29, 0.717) is 0 Å². The summed E-state index contributed by atoms with van der Waals surface area (Å²) in [5.41, 5.74) is 2.87. The molecule has 1 saturated heterocycles. The Labute approximate surface area is 202 Å². The summed E-state index contributed by atoms with van der Waals surface area (Å²) in [6.07, 6.45) is 2.31. The quantitative estimate of drug-likeness (QED) is 0.401. The van der Waals surface area contributed by atoms with E-state index in [1.54, 1.807) is 12.1 Å². The van der Waals surface area contributed by atoms with Crippen LogP contribution in [0.5, 0.6) is 0 Å². The number of thiazole rings is 1. The smallest absolute Gasteiger partial charge is 0.190 e. The first kappa shape index (κ1) is 22.6. The van der Waals surface area contributed by atoms with Crippen LogP contribution < -0.4 is 10.2 Å². The lowest BCUT2D eigenvalue weighted by Gasteiger charge is -2.35. The van der Waals surface area contributed by atoms with Crippen molar-refractivity contribution in [3.8, 4) is 0 Å². The van der Waals surface area contributed by atoms with Crippen molar-refractivity contribution in [1.29, 1.82) is 0 Å². The van der Waals surface area contributed by atoms with Gasteiger partial charge >= 0.3 is 0 Å². The van der Waals surface area contributed by atoms with Crippen molar-refractivity contribution in [3.05, 3.63) is 66.1 Å². The Morgan fingerprint density at radius 2 is 1.85 bits per heavy atom. The Hall–Kier alpha value is -3.14. The SMILES string of the molecule is C[C@@H]1CN(Cc2ccnc(Nc3nc4ccc(N(C)c5ccc(F)cc5)nc4s3)c2)C[C@H](C)O1. The zero-order valence-corrected chi connectivity index (χ0v) is 20.2. The predicted molar refractivity (Wildman–Crippen MR) is 135 cm³/mol. The topological polar surface area (TPSA) is 66.4 Å². The maximum atomic E-state index is 13.3. The number of rotatable bonds is 6. The maximum absolute atomic E-state index is 13.3. The molecule has 0 aliphatic carbocycles. The van der Waals surface area contributed by atoms with Gasteiger partial charge in [-0.25, -0.2) is 19.3 Å². The Bertz CT molecular complexity index is 1270. The fourth-order valence-electron chi connectivity index (χ4n) is 4.27. The second-order valence-electron chi connectivity index (χ2n) is 8.67. The molecule has 34 heavy (non-hydrogen) atoms. The van der Waals surface area contributed by atoms with Crippen molar-refractivity contribution in [2.24, 2.45) is 0 Å². The van der Waals surface area contributed by atoms with E-state index in [0.717, 1.165) is 52.4 Å². The summed E-state index contributed by atoms with van der Waals surface area (Å²) in [6.45, 7) is 6.94. The molecule has 3 aromatic heterocycles. The number of fused-ring (bicyclic) bond motifs is 1. The molecule has 0 bridgehead atoms. The molecule has 7 nitrogen and oxygen atoms in total. The van der Waals surface area contributed by atoms with Crippen LogP contribution in [0.15, 0.2) is 54.7 Å². The van der Waals surface area contributed by atoms with Crippen molar-refractivity contribution in [2.75, 3.05) is 30.4 Å². The minimum absolute atomic E-state index is 0.241. The third kappa shape index (κ3) is 5.16. The molecule has 1 N–H and O–H groups in total. The van der Waals surface area contributed by atoms with Gasteiger partial charge in [0.15, 0.2) is 5.13 Å². The molecule has 9 heteroatoms. The second kappa shape index (κ2) is 9.61. The number of morpholine rings is 1. The molecule has 176 valence electrons. The van der Waals surface area contributed by atoms with Crippen LogP contribution in [0.3, 0.4) is 0 Å². The van der Waals surface area contributed by atoms with E-state index in [9.17, 15) is 4.39 Å². The summed E-state index contributed by atoms with van der Waals surface area (Å²) in [7, 11) is 1.91. The van der Waals surface area contributed by atoms with Gasteiger partial charge in [0, 0.05) is 38.6 Å². The van der Waals surface area contributed by atoms with Gasteiger partial charge in [0.05, 0.1) is 12.2 Å². The monoisotopic (exact) mass is 478 g/mol. The average molecular weight is 479 g/mol. The summed E-state index contributed by atoms with van der Waals surface area (Å²) in [5, 5.41) is 4.07. The Morgan fingerprint density at radius 1 is 1.09 bits per heavy atom. The first-order valence-electron chi connectivity index (χ1n) is 11.3. The molecule has 0 unspecified atom stereocenters. The van der Waals surface area contributed by atoms with Gasteiger partial charge in [-0.15, -0.1) is 0 Å². The number of nitrogens with zero attached hydrogens (tertiary/aromatic N) is 5. The van der Waals surface area contributed by atoms with E-state index in [2.05, 4.69) is 40.1 Å². The van der Waals surface area contributed by atoms with Gasteiger partial charge in [0.25, 0.3) is 0 Å². The van der Waals surface area contributed by atoms with Crippen LogP contribution in [-0.2, 0) is 11.3 Å². The van der Waals surface area contributed by atoms with Crippen LogP contribution in [0.2, 0.25) is 0 Å². The number of hydrogen-bond acceptors (Lipinski definition) is 8. The zero-order chi connectivity index (χ0) is 23.7. The molecule has 2 atom stereocenters. The van der Waals surface area contributed by atoms with Crippen molar-refractivity contribution < 1.29 is 9.13 Å². The highest BCUT2D eigenvalue weighted by Crippen LogP contribution is 2.30. The molecule has 5 rings (SSSR count). The molecule has 0 saturated carbocycles. The molecule has 1 aliphatic heterocycles. The molecular weight excluding hydrogens is 451 g/mol. The van der Waals surface area contributed by atoms with Crippen molar-refractivity contribution in [1.82, 2.24) is 19.9 Å². The van der Waals surface area contributed by atoms with Crippen molar-refractivity contribution in [3.63, 3.8) is 0 Å². The average Bonchev–Trinajstić information content (AvgIpc) is 3.20. The number of ether oxygens (including phenoxy) is 1. The van der Waals surface area contributed by atoms with Crippen molar-refractivity contribution >= 4 is 44.1 Å². The van der Waals surface area contributed by atoms with Gasteiger partial charge in [-0.3, -0.25) is 4.90 Å². The first-order chi connectivity index (χ1) is 16.4. The number of hydrogen-bond donors (Lipinski definition) is 1. The van der Waals surface area contributed by atoms with E-state index in [4.69, 9.17) is 9.72 Å². The van der Waals surface area contributed by atoms with Gasteiger partial charge in [-0.1, -0.05) is 11.3 Å². The minimum Gasteiger partial charge on any atom is -0.373 e. The molecule has 1 aromatic carbocycles. The fourth-order valence-corrected chi connectivity index (χ4v) is 5.11. The Balaban J connectivity index is 1.30. The molecule has 1 fully saturated rings. The number of benzene rings is 1.